The van der Waals surface area contributed by atoms with Crippen LogP contribution >= 0.6 is 0 Å². The van der Waals surface area contributed by atoms with Crippen LogP contribution < -0.4 is 0 Å². The van der Waals surface area contributed by atoms with Gasteiger partial charge in [-0.05, 0) is 26.7 Å². The van der Waals surface area contributed by atoms with Gasteiger partial charge in [-0.25, -0.2) is 0 Å². The van der Waals surface area contributed by atoms with E-state index in [1.165, 1.54) is 0 Å². The average molecular weight is 378 g/mol. The predicted octanol–water partition coefficient (Wildman–Crippen LogP) is 0.902. The summed E-state index contributed by atoms with van der Waals surface area (Å²) in [6.45, 7) is 10.0. The summed E-state index contributed by atoms with van der Waals surface area (Å²) < 4.78 is 10.4. The smallest absolute Gasteiger partial charge is 0.310 e. The zero-order chi connectivity index (χ0) is 19.2. The Hall–Kier alpha value is -1.93. The molecule has 150 valence electrons. The summed E-state index contributed by atoms with van der Waals surface area (Å²) in [5, 5.41) is 3.92. The standard InChI is InChI=1S/C19H30N4O4/c1-3-26-19(25)16-5-4-6-23(12-16)18(24)14-22-9-7-21(8-10-22)13-17-11-15(2)20-27-17/h11,16H,3-10,12-14H2,1-2H3. The first-order valence-electron chi connectivity index (χ1n) is 9.86. The maximum absolute atomic E-state index is 12.7. The lowest BCUT2D eigenvalue weighted by atomic mass is 9.98. The van der Waals surface area contributed by atoms with Gasteiger partial charge in [0.15, 0.2) is 5.76 Å². The van der Waals surface area contributed by atoms with Crippen molar-refractivity contribution in [2.24, 2.45) is 5.92 Å². The second kappa shape index (κ2) is 9.32. The highest BCUT2D eigenvalue weighted by atomic mass is 16.5. The number of nitrogens with zero attached hydrogens (tertiary/aromatic N) is 4. The molecule has 1 aromatic rings. The fraction of sp³-hybridized carbons (Fsp3) is 0.737. The van der Waals surface area contributed by atoms with Gasteiger partial charge in [0.25, 0.3) is 0 Å². The monoisotopic (exact) mass is 378 g/mol. The lowest BCUT2D eigenvalue weighted by Crippen LogP contribution is -2.51. The molecule has 1 aromatic heterocycles. The number of carbonyl (C=O) groups excluding carboxylic acids is 2. The number of likely N-dealkylation sites (tertiary alicyclic amines) is 1. The van der Waals surface area contributed by atoms with Gasteiger partial charge in [0, 0.05) is 45.3 Å². The van der Waals surface area contributed by atoms with Crippen LogP contribution in [0.2, 0.25) is 0 Å². The number of hydrogen-bond acceptors (Lipinski definition) is 7. The molecule has 0 N–H and O–H groups in total. The Morgan fingerprint density at radius 3 is 2.63 bits per heavy atom. The third-order valence-corrected chi connectivity index (χ3v) is 5.27. The van der Waals surface area contributed by atoms with Crippen molar-refractivity contribution in [3.63, 3.8) is 0 Å². The minimum absolute atomic E-state index is 0.114. The van der Waals surface area contributed by atoms with Crippen molar-refractivity contribution in [3.05, 3.63) is 17.5 Å². The lowest BCUT2D eigenvalue weighted by molar-refractivity contribution is -0.151. The van der Waals surface area contributed by atoms with Crippen LogP contribution in [0.4, 0.5) is 0 Å². The van der Waals surface area contributed by atoms with E-state index in [4.69, 9.17) is 9.26 Å². The Labute approximate surface area is 160 Å². The van der Waals surface area contributed by atoms with Gasteiger partial charge in [0.05, 0.1) is 31.3 Å². The summed E-state index contributed by atoms with van der Waals surface area (Å²) in [4.78, 5) is 31.0. The van der Waals surface area contributed by atoms with Crippen molar-refractivity contribution >= 4 is 11.9 Å². The summed E-state index contributed by atoms with van der Waals surface area (Å²) in [7, 11) is 0. The Bertz CT molecular complexity index is 639. The van der Waals surface area contributed by atoms with Crippen molar-refractivity contribution < 1.29 is 18.8 Å². The summed E-state index contributed by atoms with van der Waals surface area (Å²) in [6.07, 6.45) is 1.67. The number of hydrogen-bond donors (Lipinski definition) is 0. The van der Waals surface area contributed by atoms with E-state index in [9.17, 15) is 9.59 Å². The number of aromatic nitrogens is 1. The van der Waals surface area contributed by atoms with Crippen LogP contribution in [-0.4, -0.2) is 84.2 Å². The third-order valence-electron chi connectivity index (χ3n) is 5.27. The van der Waals surface area contributed by atoms with Crippen molar-refractivity contribution in [3.8, 4) is 0 Å². The molecule has 27 heavy (non-hydrogen) atoms. The van der Waals surface area contributed by atoms with Crippen molar-refractivity contribution in [1.82, 2.24) is 19.9 Å². The molecule has 2 saturated heterocycles. The molecule has 1 amide bonds. The van der Waals surface area contributed by atoms with Gasteiger partial charge in [-0.3, -0.25) is 19.4 Å². The maximum atomic E-state index is 12.7. The number of aryl methyl sites for hydroxylation is 1. The molecule has 1 atom stereocenters. The Morgan fingerprint density at radius 1 is 1.22 bits per heavy atom. The topological polar surface area (TPSA) is 79.1 Å². The van der Waals surface area contributed by atoms with Crippen molar-refractivity contribution in [2.45, 2.75) is 33.2 Å². The molecule has 3 rings (SSSR count). The SMILES string of the molecule is CCOC(=O)C1CCCN(C(=O)CN2CCN(Cc3cc(C)no3)CC2)C1. The molecule has 1 unspecified atom stereocenters. The van der Waals surface area contributed by atoms with Crippen molar-refractivity contribution in [2.75, 3.05) is 52.4 Å². The zero-order valence-corrected chi connectivity index (χ0v) is 16.4. The molecule has 8 nitrogen and oxygen atoms in total. The molecule has 2 fully saturated rings. The molecule has 0 bridgehead atoms. The second-order valence-electron chi connectivity index (χ2n) is 7.42. The first kappa shape index (κ1) is 19.8. The first-order chi connectivity index (χ1) is 13.0. The molecule has 3 heterocycles. The lowest BCUT2D eigenvalue weighted by Gasteiger charge is -2.36. The van der Waals surface area contributed by atoms with Gasteiger partial charge in [0.2, 0.25) is 5.91 Å². The molecule has 0 aliphatic carbocycles. The van der Waals surface area contributed by atoms with Gasteiger partial charge in [-0.15, -0.1) is 0 Å². The zero-order valence-electron chi connectivity index (χ0n) is 16.4. The number of rotatable bonds is 6. The molecular formula is C19H30N4O4. The molecular weight excluding hydrogens is 348 g/mol. The summed E-state index contributed by atoms with van der Waals surface area (Å²) in [6, 6.07) is 1.96. The van der Waals surface area contributed by atoms with Crippen LogP contribution in [0.3, 0.4) is 0 Å². The van der Waals surface area contributed by atoms with E-state index in [-0.39, 0.29) is 17.8 Å². The van der Waals surface area contributed by atoms with Gasteiger partial charge in [-0.2, -0.15) is 0 Å². The summed E-state index contributed by atoms with van der Waals surface area (Å²) >= 11 is 0. The summed E-state index contributed by atoms with van der Waals surface area (Å²) in [5.41, 5.74) is 0.900. The highest BCUT2D eigenvalue weighted by Crippen LogP contribution is 2.18. The first-order valence-corrected chi connectivity index (χ1v) is 9.86. The van der Waals surface area contributed by atoms with E-state index in [2.05, 4.69) is 15.0 Å². The predicted molar refractivity (Wildman–Crippen MR) is 98.9 cm³/mol. The van der Waals surface area contributed by atoms with Crippen LogP contribution in [0, 0.1) is 12.8 Å². The fourth-order valence-electron chi connectivity index (χ4n) is 3.76. The van der Waals surface area contributed by atoms with E-state index in [0.29, 0.717) is 19.7 Å². The largest absolute Gasteiger partial charge is 0.466 e. The quantitative estimate of drug-likeness (QED) is 0.681. The van der Waals surface area contributed by atoms with Crippen molar-refractivity contribution in [1.29, 1.82) is 0 Å². The Morgan fingerprint density at radius 2 is 1.96 bits per heavy atom. The minimum Gasteiger partial charge on any atom is -0.466 e. The van der Waals surface area contributed by atoms with Crippen LogP contribution in [0.25, 0.3) is 0 Å². The number of piperidine rings is 1. The van der Waals surface area contributed by atoms with Gasteiger partial charge >= 0.3 is 5.97 Å². The Kier molecular flexibility index (Phi) is 6.84. The fourth-order valence-corrected chi connectivity index (χ4v) is 3.76. The molecule has 8 heteroatoms. The highest BCUT2D eigenvalue weighted by molar-refractivity contribution is 5.80. The molecule has 2 aliphatic rings. The van der Waals surface area contributed by atoms with E-state index in [0.717, 1.165) is 63.6 Å². The second-order valence-corrected chi connectivity index (χ2v) is 7.42. The number of ether oxygens (including phenoxy) is 1. The van der Waals surface area contributed by atoms with Gasteiger partial charge in [-0.1, -0.05) is 5.16 Å². The van der Waals surface area contributed by atoms with E-state index in [1.54, 1.807) is 0 Å². The minimum atomic E-state index is -0.176. The third kappa shape index (κ3) is 5.52. The number of carbonyl (C=O) groups is 2. The molecule has 2 aliphatic heterocycles. The summed E-state index contributed by atoms with van der Waals surface area (Å²) in [5.74, 6) is 0.648. The highest BCUT2D eigenvalue weighted by Gasteiger charge is 2.30. The number of piperazine rings is 1. The Balaban J connectivity index is 1.41. The number of esters is 1. The molecule has 0 aromatic carbocycles. The van der Waals surface area contributed by atoms with Crippen LogP contribution in [-0.2, 0) is 20.9 Å². The normalized spacial score (nSPS) is 22.0. The van der Waals surface area contributed by atoms with Gasteiger partial charge < -0.3 is 14.2 Å². The van der Waals surface area contributed by atoms with E-state index in [1.807, 2.05) is 24.8 Å². The average Bonchev–Trinajstić information content (AvgIpc) is 3.08. The van der Waals surface area contributed by atoms with E-state index < -0.39 is 0 Å². The number of amides is 1. The van der Waals surface area contributed by atoms with Crippen LogP contribution in [0.15, 0.2) is 10.6 Å². The molecule has 0 spiro atoms. The van der Waals surface area contributed by atoms with Crippen LogP contribution in [0.1, 0.15) is 31.2 Å². The van der Waals surface area contributed by atoms with Crippen LogP contribution in [0.5, 0.6) is 0 Å². The maximum Gasteiger partial charge on any atom is 0.310 e. The van der Waals surface area contributed by atoms with E-state index >= 15 is 0 Å². The molecule has 0 saturated carbocycles. The van der Waals surface area contributed by atoms with Gasteiger partial charge in [0.1, 0.15) is 0 Å². The molecule has 0 radical (unpaired) electrons.